The van der Waals surface area contributed by atoms with Gasteiger partial charge in [-0.2, -0.15) is 0 Å². The van der Waals surface area contributed by atoms with E-state index < -0.39 is 209 Å². The summed E-state index contributed by atoms with van der Waals surface area (Å²) in [5.41, 5.74) is 12.8. The number of carbonyl (C=O) groups is 6. The van der Waals surface area contributed by atoms with Crippen molar-refractivity contribution in [3.63, 3.8) is 0 Å². The molecule has 0 spiro atoms. The van der Waals surface area contributed by atoms with Gasteiger partial charge in [0.1, 0.15) is 110 Å². The third kappa shape index (κ3) is 15.8. The molecule has 468 valence electrons. The number of hydrogen-bond donors (Lipinski definition) is 20. The van der Waals surface area contributed by atoms with E-state index in [1.807, 2.05) is 0 Å². The summed E-state index contributed by atoms with van der Waals surface area (Å²) in [5.74, 6) is -6.33. The van der Waals surface area contributed by atoms with Crippen LogP contribution in [-0.2, 0) is 54.1 Å². The highest BCUT2D eigenvalue weighted by atomic mass is 16.7. The molecule has 3 fully saturated rings. The zero-order valence-electron chi connectivity index (χ0n) is 45.4. The summed E-state index contributed by atoms with van der Waals surface area (Å²) in [4.78, 5) is 85.4. The zero-order valence-corrected chi connectivity index (χ0v) is 45.4. The minimum absolute atomic E-state index is 0.0598. The van der Waals surface area contributed by atoms with Gasteiger partial charge in [-0.15, -0.1) is 0 Å². The van der Waals surface area contributed by atoms with Crippen LogP contribution in [0.5, 0.6) is 5.75 Å². The molecule has 2 aromatic rings. The molecule has 0 saturated carbocycles. The highest BCUT2D eigenvalue weighted by molar-refractivity contribution is 5.95. The number of ether oxygens (including phenoxy) is 5. The number of hydrogen-bond acceptors (Lipinski definition) is 28. The topological polar surface area (TPSA) is 539 Å². The largest absolute Gasteiger partial charge is 0.462 e. The Labute approximate surface area is 479 Å². The first-order valence-corrected chi connectivity index (χ1v) is 26.7. The Morgan fingerprint density at radius 1 is 0.690 bits per heavy atom. The van der Waals surface area contributed by atoms with E-state index in [4.69, 9.17) is 35.2 Å². The SMILES string of the molecule is CC(c1ccccc1)[C@H](NC(=O)CNC(=O)[C@H](CO)NC(=O)[C@@H](NC(=O)[C@H](C)N)C(O)C1CN=C(N)N1C1OC(CO)C(O)C(O)C1O)C(=O)N[C@H](C=O)Cc1ccc(OC2OC(CO)C(OC3OC(CO)C(O)C(O)C3O)C(O)C2O)cc1. The number of carbonyl (C=O) groups excluding carboxylic acids is 6. The Morgan fingerprint density at radius 3 is 1.87 bits per heavy atom. The molecule has 0 radical (unpaired) electrons. The second kappa shape index (κ2) is 30.2. The molecule has 33 heteroatoms. The molecule has 0 aromatic heterocycles. The molecule has 4 aliphatic rings. The molecular formula is C51H75N9O24. The summed E-state index contributed by atoms with van der Waals surface area (Å²) in [6, 6.07) is 5.03. The van der Waals surface area contributed by atoms with Crippen LogP contribution >= 0.6 is 0 Å². The van der Waals surface area contributed by atoms with Crippen molar-refractivity contribution < 1.29 is 119 Å². The normalized spacial score (nSPS) is 32.2. The average Bonchev–Trinajstić information content (AvgIpc) is 2.43. The molecule has 0 aliphatic carbocycles. The van der Waals surface area contributed by atoms with E-state index >= 15 is 0 Å². The summed E-state index contributed by atoms with van der Waals surface area (Å²) in [6.45, 7) is -1.93. The molecule has 3 saturated heterocycles. The smallest absolute Gasteiger partial charge is 0.246 e. The highest BCUT2D eigenvalue weighted by Gasteiger charge is 2.53. The Balaban J connectivity index is 1.07. The maximum atomic E-state index is 14.1. The maximum Gasteiger partial charge on any atom is 0.246 e. The second-order valence-corrected chi connectivity index (χ2v) is 20.6. The number of benzene rings is 2. The fourth-order valence-corrected chi connectivity index (χ4v) is 9.73. The lowest BCUT2D eigenvalue weighted by Crippen LogP contribution is -2.69. The zero-order chi connectivity index (χ0) is 61.9. The molecule has 4 heterocycles. The Morgan fingerprint density at radius 2 is 1.27 bits per heavy atom. The molecule has 18 unspecified atom stereocenters. The molecule has 0 bridgehead atoms. The van der Waals surface area contributed by atoms with Gasteiger partial charge in [0.15, 0.2) is 18.5 Å². The van der Waals surface area contributed by atoms with Crippen molar-refractivity contribution in [2.75, 3.05) is 39.5 Å². The van der Waals surface area contributed by atoms with E-state index in [0.29, 0.717) is 17.4 Å². The number of aliphatic hydroxyl groups is 13. The van der Waals surface area contributed by atoms with E-state index in [1.165, 1.54) is 31.2 Å². The molecule has 4 aliphatic heterocycles. The first-order valence-electron chi connectivity index (χ1n) is 26.7. The summed E-state index contributed by atoms with van der Waals surface area (Å²) in [6.07, 6.45) is -27.2. The quantitative estimate of drug-likeness (QED) is 0.0389. The van der Waals surface area contributed by atoms with Gasteiger partial charge in [0, 0.05) is 5.92 Å². The number of nitrogens with zero attached hydrogens (tertiary/aromatic N) is 2. The maximum absolute atomic E-state index is 14.1. The van der Waals surface area contributed by atoms with Crippen molar-refractivity contribution in [3.8, 4) is 5.75 Å². The van der Waals surface area contributed by atoms with E-state index in [0.717, 1.165) is 4.90 Å². The number of amides is 5. The van der Waals surface area contributed by atoms with Crippen molar-refractivity contribution in [1.29, 1.82) is 0 Å². The van der Waals surface area contributed by atoms with Crippen LogP contribution in [-0.4, -0.2) is 287 Å². The van der Waals surface area contributed by atoms with Crippen LogP contribution < -0.4 is 42.8 Å². The summed E-state index contributed by atoms with van der Waals surface area (Å²) in [7, 11) is 0. The lowest BCUT2D eigenvalue weighted by molar-refractivity contribution is -0.352. The van der Waals surface area contributed by atoms with Crippen LogP contribution in [0.2, 0.25) is 0 Å². The van der Waals surface area contributed by atoms with E-state index in [9.17, 15) is 95.2 Å². The number of rotatable bonds is 26. The van der Waals surface area contributed by atoms with Crippen LogP contribution in [0.3, 0.4) is 0 Å². The Hall–Kier alpha value is -6.19. The van der Waals surface area contributed by atoms with Crippen LogP contribution in [0.1, 0.15) is 30.9 Å². The number of aliphatic imine (C=N–C) groups is 1. The van der Waals surface area contributed by atoms with Gasteiger partial charge in [-0.3, -0.25) is 29.0 Å². The number of aldehydes is 1. The van der Waals surface area contributed by atoms with Crippen molar-refractivity contribution in [2.45, 2.75) is 161 Å². The third-order valence-electron chi connectivity index (χ3n) is 14.7. The lowest BCUT2D eigenvalue weighted by atomic mass is 9.92. The van der Waals surface area contributed by atoms with Crippen LogP contribution in [0, 0.1) is 0 Å². The number of nitrogens with one attached hydrogen (secondary N) is 5. The highest BCUT2D eigenvalue weighted by Crippen LogP contribution is 2.32. The first kappa shape index (κ1) is 66.9. The minimum Gasteiger partial charge on any atom is -0.462 e. The summed E-state index contributed by atoms with van der Waals surface area (Å²) in [5, 5.41) is 147. The standard InChI is InChI=1S/C51H75N9O24/c1-20(23-6-4-3-5-7-23)32(46(78)56-24(15-61)12-22-8-10-25(11-9-22)80-49-42(75)39(72)43(30(19-65)83-49)84-50-41(74)38(71)36(69)29(18-64)82-50)58-31(66)14-54-45(77)26(16-62)57-47(79)33(59-44(76)21(2)52)34(67)27-13-55-51(53)60(27)48-40(73)37(70)35(68)28(17-63)81-48/h3-11,15,20-21,24,26-30,32-43,48-50,62-65,67-75H,12-14,16-19,52H2,1-2H3,(H2,53,55)(H,54,77)(H,56,78)(H,57,79)(H,58,66)(H,59,76)/t20?,21-,24-,26-,27?,28?,29?,30?,32-,33-,34?,35?,36?,37?,38?,39?,40?,41?,42?,43?,48?,49?,50?/m0/s1. The number of aliphatic hydroxyl groups excluding tert-OH is 13. The van der Waals surface area contributed by atoms with E-state index in [2.05, 4.69) is 31.6 Å². The summed E-state index contributed by atoms with van der Waals surface area (Å²) < 4.78 is 27.9. The molecule has 6 rings (SSSR count). The molecule has 5 amide bonds. The van der Waals surface area contributed by atoms with Gasteiger partial charge >= 0.3 is 0 Å². The molecule has 84 heavy (non-hydrogen) atoms. The van der Waals surface area contributed by atoms with Gasteiger partial charge in [-0.25, -0.2) is 0 Å². The van der Waals surface area contributed by atoms with Gasteiger partial charge in [0.05, 0.1) is 57.6 Å². The molecular weight excluding hydrogens is 1120 g/mol. The van der Waals surface area contributed by atoms with Crippen LogP contribution in [0.25, 0.3) is 0 Å². The van der Waals surface area contributed by atoms with Crippen molar-refractivity contribution in [2.24, 2.45) is 16.5 Å². The molecule has 33 nitrogen and oxygen atoms in total. The van der Waals surface area contributed by atoms with Gasteiger partial charge in [0.25, 0.3) is 0 Å². The Bertz CT molecular complexity index is 2540. The van der Waals surface area contributed by atoms with Gasteiger partial charge in [-0.05, 0) is 36.6 Å². The van der Waals surface area contributed by atoms with Crippen LogP contribution in [0.4, 0.5) is 0 Å². The fourth-order valence-electron chi connectivity index (χ4n) is 9.73. The molecule has 2 aromatic carbocycles. The van der Waals surface area contributed by atoms with Crippen molar-refractivity contribution in [1.82, 2.24) is 31.5 Å². The van der Waals surface area contributed by atoms with Crippen molar-refractivity contribution >= 4 is 41.8 Å². The number of nitrogens with two attached hydrogens (primary N) is 2. The fraction of sp³-hybridized carbons (Fsp3) is 0.627. The van der Waals surface area contributed by atoms with Gasteiger partial charge in [-0.1, -0.05) is 49.4 Å². The van der Waals surface area contributed by atoms with Gasteiger partial charge in [0.2, 0.25) is 35.8 Å². The van der Waals surface area contributed by atoms with E-state index in [-0.39, 0.29) is 18.1 Å². The first-order chi connectivity index (χ1) is 39.9. The predicted molar refractivity (Wildman–Crippen MR) is 281 cm³/mol. The van der Waals surface area contributed by atoms with Crippen molar-refractivity contribution in [3.05, 3.63) is 65.7 Å². The third-order valence-corrected chi connectivity index (χ3v) is 14.7. The second-order valence-electron chi connectivity index (χ2n) is 20.6. The average molecular weight is 1200 g/mol. The van der Waals surface area contributed by atoms with E-state index in [1.54, 1.807) is 37.3 Å². The molecule has 23 atom stereocenters. The predicted octanol–water partition coefficient (Wildman–Crippen LogP) is -11.2. The molecule has 22 N–H and O–H groups in total. The lowest BCUT2D eigenvalue weighted by Gasteiger charge is -2.46. The van der Waals surface area contributed by atoms with Crippen LogP contribution in [0.15, 0.2) is 59.6 Å². The Kier molecular flexibility index (Phi) is 24.1. The summed E-state index contributed by atoms with van der Waals surface area (Å²) >= 11 is 0. The monoisotopic (exact) mass is 1200 g/mol. The minimum atomic E-state index is -2.04. The number of guanidine groups is 1. The van der Waals surface area contributed by atoms with Gasteiger partial charge < -0.3 is 138 Å².